The third kappa shape index (κ3) is 6.89. The van der Waals surface area contributed by atoms with Gasteiger partial charge in [-0.25, -0.2) is 19.4 Å². The summed E-state index contributed by atoms with van der Waals surface area (Å²) in [6.45, 7) is 9.32. The van der Waals surface area contributed by atoms with Crippen molar-refractivity contribution in [3.05, 3.63) is 48.0 Å². The molecule has 2 atom stereocenters. The smallest absolute Gasteiger partial charge is 0.191 e. The molecule has 2 aliphatic rings. The van der Waals surface area contributed by atoms with Crippen LogP contribution in [0.25, 0.3) is 0 Å². The van der Waals surface area contributed by atoms with E-state index in [9.17, 15) is 4.39 Å². The monoisotopic (exact) mass is 569 g/mol. The van der Waals surface area contributed by atoms with E-state index in [0.717, 1.165) is 56.5 Å². The highest BCUT2D eigenvalue weighted by Crippen LogP contribution is 2.21. The largest absolute Gasteiger partial charge is 0.375 e. The second-order valence-electron chi connectivity index (χ2n) is 8.23. The second kappa shape index (κ2) is 12.3. The van der Waals surface area contributed by atoms with Crippen LogP contribution in [-0.4, -0.2) is 67.4 Å². The summed E-state index contributed by atoms with van der Waals surface area (Å²) >= 11 is 0. The lowest BCUT2D eigenvalue weighted by molar-refractivity contribution is 0.0529. The Kier molecular flexibility index (Phi) is 9.48. The quantitative estimate of drug-likeness (QED) is 0.315. The van der Waals surface area contributed by atoms with Crippen molar-refractivity contribution in [1.82, 2.24) is 20.6 Å². The number of guanidine groups is 1. The van der Waals surface area contributed by atoms with Crippen LogP contribution in [0.15, 0.2) is 41.7 Å². The molecule has 2 saturated heterocycles. The number of halogens is 2. The first-order valence-corrected chi connectivity index (χ1v) is 11.3. The fourth-order valence-corrected chi connectivity index (χ4v) is 4.12. The molecule has 0 aliphatic carbocycles. The minimum absolute atomic E-state index is 0. The van der Waals surface area contributed by atoms with Gasteiger partial charge in [0.15, 0.2) is 17.6 Å². The molecule has 0 radical (unpaired) electrons. The summed E-state index contributed by atoms with van der Waals surface area (Å²) in [6, 6.07) is 7.35. The molecule has 0 spiro atoms. The first-order valence-electron chi connectivity index (χ1n) is 11.3. The summed E-state index contributed by atoms with van der Waals surface area (Å²) in [5.74, 6) is 1.87. The lowest BCUT2D eigenvalue weighted by Gasteiger charge is -2.32. The Morgan fingerprint density at radius 2 is 2.09 bits per heavy atom. The number of anilines is 2. The van der Waals surface area contributed by atoms with Gasteiger partial charge in [-0.1, -0.05) is 0 Å². The highest BCUT2D eigenvalue weighted by molar-refractivity contribution is 14.0. The predicted molar refractivity (Wildman–Crippen MR) is 140 cm³/mol. The number of nitrogens with zero attached hydrogens (tertiary/aromatic N) is 5. The Hall–Kier alpha value is -2.21. The van der Waals surface area contributed by atoms with Crippen molar-refractivity contribution in [1.29, 1.82) is 0 Å². The number of nitrogens with one attached hydrogen (secondary N) is 2. The summed E-state index contributed by atoms with van der Waals surface area (Å²) in [5, 5.41) is 6.81. The summed E-state index contributed by atoms with van der Waals surface area (Å²) in [7, 11) is 0. The van der Waals surface area contributed by atoms with E-state index in [-0.39, 0.29) is 41.9 Å². The van der Waals surface area contributed by atoms with E-state index in [1.54, 1.807) is 12.3 Å². The van der Waals surface area contributed by atoms with Crippen molar-refractivity contribution in [3.8, 4) is 0 Å². The number of rotatable bonds is 6. The maximum atomic E-state index is 14.1. The zero-order chi connectivity index (χ0) is 22.3. The molecule has 10 heteroatoms. The molecule has 2 aliphatic heterocycles. The van der Waals surface area contributed by atoms with Crippen LogP contribution in [0, 0.1) is 5.82 Å². The lowest BCUT2D eigenvalue weighted by atomic mass is 10.2. The molecule has 2 aromatic rings. The van der Waals surface area contributed by atoms with Crippen molar-refractivity contribution >= 4 is 41.6 Å². The molecule has 0 bridgehead atoms. The Labute approximate surface area is 212 Å². The minimum Gasteiger partial charge on any atom is -0.375 e. The van der Waals surface area contributed by atoms with Gasteiger partial charge < -0.3 is 25.2 Å². The van der Waals surface area contributed by atoms with Crippen molar-refractivity contribution < 1.29 is 9.13 Å². The maximum Gasteiger partial charge on any atom is 0.191 e. The standard InChI is InChI=1S/C23H32FN7O.HI/c1-3-25-23(29-19-7-10-31(16-19)22-20(24)5-4-8-27-22)28-14-18-6-9-26-21(13-18)30-11-12-32-17(2)15-30;/h4-6,8-9,13,17,19H,3,7,10-12,14-16H2,1-2H3,(H2,25,28,29);1H. The highest BCUT2D eigenvalue weighted by atomic mass is 127. The summed E-state index contributed by atoms with van der Waals surface area (Å²) < 4.78 is 19.7. The minimum atomic E-state index is -0.281. The molecule has 2 fully saturated rings. The van der Waals surface area contributed by atoms with Crippen LogP contribution in [0.5, 0.6) is 0 Å². The Bertz CT molecular complexity index is 931. The fourth-order valence-electron chi connectivity index (χ4n) is 4.12. The van der Waals surface area contributed by atoms with Gasteiger partial charge in [0.1, 0.15) is 5.82 Å². The summed E-state index contributed by atoms with van der Waals surface area (Å²) in [6.07, 6.45) is 4.58. The topological polar surface area (TPSA) is 77.9 Å². The van der Waals surface area contributed by atoms with Gasteiger partial charge in [-0.05, 0) is 50.1 Å². The average molecular weight is 569 g/mol. The Morgan fingerprint density at radius 1 is 1.21 bits per heavy atom. The van der Waals surface area contributed by atoms with Gasteiger partial charge in [0, 0.05) is 51.2 Å². The van der Waals surface area contributed by atoms with Gasteiger partial charge in [0.2, 0.25) is 0 Å². The van der Waals surface area contributed by atoms with E-state index in [0.29, 0.717) is 18.9 Å². The number of ether oxygens (including phenoxy) is 1. The second-order valence-corrected chi connectivity index (χ2v) is 8.23. The highest BCUT2D eigenvalue weighted by Gasteiger charge is 2.26. The average Bonchev–Trinajstić information content (AvgIpc) is 3.26. The number of hydrogen-bond acceptors (Lipinski definition) is 6. The normalized spacial score (nSPS) is 21.0. The molecule has 4 heterocycles. The van der Waals surface area contributed by atoms with Crippen LogP contribution in [0.4, 0.5) is 16.0 Å². The molecule has 180 valence electrons. The predicted octanol–water partition coefficient (Wildman–Crippen LogP) is 2.79. The van der Waals surface area contributed by atoms with Gasteiger partial charge in [-0.3, -0.25) is 0 Å². The number of aromatic nitrogens is 2. The zero-order valence-electron chi connectivity index (χ0n) is 19.2. The summed E-state index contributed by atoms with van der Waals surface area (Å²) in [5.41, 5.74) is 1.11. The summed E-state index contributed by atoms with van der Waals surface area (Å²) in [4.78, 5) is 17.8. The molecule has 4 rings (SSSR count). The van der Waals surface area contributed by atoms with E-state index < -0.39 is 0 Å². The first-order chi connectivity index (χ1) is 15.6. The Morgan fingerprint density at radius 3 is 2.88 bits per heavy atom. The van der Waals surface area contributed by atoms with Gasteiger partial charge in [0.05, 0.1) is 19.3 Å². The van der Waals surface area contributed by atoms with Gasteiger partial charge in [0.25, 0.3) is 0 Å². The molecule has 8 nitrogen and oxygen atoms in total. The SMILES string of the molecule is CCNC(=NCc1ccnc(N2CCOC(C)C2)c1)NC1CCN(c2ncccc2F)C1.I. The third-order valence-electron chi connectivity index (χ3n) is 5.71. The zero-order valence-corrected chi connectivity index (χ0v) is 21.5. The van der Waals surface area contributed by atoms with Crippen LogP contribution < -0.4 is 20.4 Å². The van der Waals surface area contributed by atoms with Gasteiger partial charge in [-0.15, -0.1) is 24.0 Å². The maximum absolute atomic E-state index is 14.1. The van der Waals surface area contributed by atoms with Crippen LogP contribution in [-0.2, 0) is 11.3 Å². The molecule has 2 aromatic heterocycles. The molecule has 0 aromatic carbocycles. The molecular formula is C23H33FIN7O. The van der Waals surface area contributed by atoms with Crippen LogP contribution in [0.3, 0.4) is 0 Å². The van der Waals surface area contributed by atoms with E-state index in [1.807, 2.05) is 24.1 Å². The van der Waals surface area contributed by atoms with E-state index in [4.69, 9.17) is 9.73 Å². The lowest BCUT2D eigenvalue weighted by Crippen LogP contribution is -2.44. The Balaban J connectivity index is 0.00000306. The van der Waals surface area contributed by atoms with Crippen molar-refractivity contribution in [2.75, 3.05) is 49.1 Å². The molecule has 33 heavy (non-hydrogen) atoms. The van der Waals surface area contributed by atoms with Crippen molar-refractivity contribution in [2.24, 2.45) is 4.99 Å². The molecule has 2 N–H and O–H groups in total. The number of morpholine rings is 1. The van der Waals surface area contributed by atoms with Crippen LogP contribution in [0.1, 0.15) is 25.8 Å². The number of aliphatic imine (C=N–C) groups is 1. The van der Waals surface area contributed by atoms with E-state index in [2.05, 4.69) is 38.5 Å². The molecule has 0 saturated carbocycles. The van der Waals surface area contributed by atoms with Crippen molar-refractivity contribution in [3.63, 3.8) is 0 Å². The van der Waals surface area contributed by atoms with E-state index >= 15 is 0 Å². The van der Waals surface area contributed by atoms with Crippen LogP contribution >= 0.6 is 24.0 Å². The van der Waals surface area contributed by atoms with Crippen molar-refractivity contribution in [2.45, 2.75) is 39.0 Å². The number of hydrogen-bond donors (Lipinski definition) is 2. The number of pyridine rings is 2. The molecule has 2 unspecified atom stereocenters. The van der Waals surface area contributed by atoms with E-state index in [1.165, 1.54) is 6.07 Å². The third-order valence-corrected chi connectivity index (χ3v) is 5.71. The fraction of sp³-hybridized carbons (Fsp3) is 0.522. The first kappa shape index (κ1) is 25.4. The van der Waals surface area contributed by atoms with Gasteiger partial charge in [-0.2, -0.15) is 0 Å². The molecular weight excluding hydrogens is 536 g/mol. The molecule has 0 amide bonds. The van der Waals surface area contributed by atoms with Crippen LogP contribution in [0.2, 0.25) is 0 Å². The van der Waals surface area contributed by atoms with Gasteiger partial charge >= 0.3 is 0 Å².